The molecular formula is C25H18FN3O2S. The van der Waals surface area contributed by atoms with Crippen LogP contribution in [0.3, 0.4) is 0 Å². The number of nitrogens with one attached hydrogen (secondary N) is 1. The lowest BCUT2D eigenvalue weighted by molar-refractivity contribution is -0.116. The fourth-order valence-electron chi connectivity index (χ4n) is 3.41. The smallest absolute Gasteiger partial charge is 0.224 e. The summed E-state index contributed by atoms with van der Waals surface area (Å²) in [6.07, 6.45) is 1.98. The number of para-hydroxylation sites is 2. The van der Waals surface area contributed by atoms with Gasteiger partial charge in [-0.25, -0.2) is 14.4 Å². The minimum Gasteiger partial charge on any atom is -0.441 e. The number of amides is 1. The van der Waals surface area contributed by atoms with Crippen LogP contribution in [0.1, 0.15) is 12.3 Å². The molecule has 0 unspecified atom stereocenters. The van der Waals surface area contributed by atoms with Crippen molar-refractivity contribution in [3.8, 4) is 21.9 Å². The van der Waals surface area contributed by atoms with Crippen LogP contribution in [-0.4, -0.2) is 15.9 Å². The first-order valence-electron chi connectivity index (χ1n) is 10.1. The molecule has 32 heavy (non-hydrogen) atoms. The highest BCUT2D eigenvalue weighted by molar-refractivity contribution is 7.21. The number of rotatable bonds is 6. The zero-order valence-electron chi connectivity index (χ0n) is 16.9. The third-order valence-corrected chi connectivity index (χ3v) is 6.05. The Hall–Kier alpha value is -3.84. The van der Waals surface area contributed by atoms with E-state index in [9.17, 15) is 9.18 Å². The maximum Gasteiger partial charge on any atom is 0.224 e. The molecule has 5 rings (SSSR count). The van der Waals surface area contributed by atoms with Crippen LogP contribution in [0.5, 0.6) is 0 Å². The number of hydrogen-bond acceptors (Lipinski definition) is 5. The molecular weight excluding hydrogens is 425 g/mol. The number of oxazole rings is 1. The fourth-order valence-corrected chi connectivity index (χ4v) is 4.42. The Morgan fingerprint density at radius 1 is 0.969 bits per heavy atom. The largest absolute Gasteiger partial charge is 0.441 e. The van der Waals surface area contributed by atoms with Gasteiger partial charge < -0.3 is 9.73 Å². The predicted molar refractivity (Wildman–Crippen MR) is 124 cm³/mol. The van der Waals surface area contributed by atoms with Crippen LogP contribution in [-0.2, 0) is 11.2 Å². The Morgan fingerprint density at radius 3 is 2.56 bits per heavy atom. The van der Waals surface area contributed by atoms with Crippen molar-refractivity contribution < 1.29 is 13.6 Å². The topological polar surface area (TPSA) is 68.0 Å². The molecule has 1 amide bonds. The molecule has 0 saturated heterocycles. The summed E-state index contributed by atoms with van der Waals surface area (Å²) in [5.41, 5.74) is 2.86. The molecule has 5 aromatic rings. The van der Waals surface area contributed by atoms with Gasteiger partial charge in [-0.15, -0.1) is 11.3 Å². The third kappa shape index (κ3) is 4.15. The van der Waals surface area contributed by atoms with E-state index in [2.05, 4.69) is 10.3 Å². The second-order valence-corrected chi connectivity index (χ2v) is 8.21. The second-order valence-electron chi connectivity index (χ2n) is 7.18. The molecule has 7 heteroatoms. The molecule has 0 aliphatic heterocycles. The van der Waals surface area contributed by atoms with E-state index in [0.29, 0.717) is 29.3 Å². The van der Waals surface area contributed by atoms with E-state index in [-0.39, 0.29) is 18.1 Å². The van der Waals surface area contributed by atoms with Crippen molar-refractivity contribution in [3.05, 3.63) is 90.7 Å². The Morgan fingerprint density at radius 2 is 1.72 bits per heavy atom. The molecule has 0 bridgehead atoms. The van der Waals surface area contributed by atoms with Gasteiger partial charge in [0.1, 0.15) is 10.8 Å². The Labute approximate surface area is 187 Å². The number of halogens is 1. The molecule has 5 nitrogen and oxygen atoms in total. The van der Waals surface area contributed by atoms with E-state index in [1.807, 2.05) is 48.5 Å². The van der Waals surface area contributed by atoms with E-state index in [1.54, 1.807) is 29.5 Å². The Bertz CT molecular complexity index is 1380. The molecule has 2 heterocycles. The number of benzene rings is 3. The minimum atomic E-state index is -0.376. The summed E-state index contributed by atoms with van der Waals surface area (Å²) in [6, 6.07) is 21.9. The number of hydrogen-bond donors (Lipinski definition) is 1. The molecule has 158 valence electrons. The lowest BCUT2D eigenvalue weighted by Gasteiger charge is -2.08. The monoisotopic (exact) mass is 443 g/mol. The molecule has 0 aliphatic carbocycles. The van der Waals surface area contributed by atoms with E-state index in [1.165, 1.54) is 12.3 Å². The number of anilines is 1. The molecule has 0 fully saturated rings. The molecule has 0 aliphatic rings. The lowest BCUT2D eigenvalue weighted by Crippen LogP contribution is -2.13. The van der Waals surface area contributed by atoms with E-state index < -0.39 is 0 Å². The first-order valence-corrected chi connectivity index (χ1v) is 10.9. The van der Waals surface area contributed by atoms with Crippen molar-refractivity contribution in [1.29, 1.82) is 0 Å². The minimum absolute atomic E-state index is 0.163. The van der Waals surface area contributed by atoms with Gasteiger partial charge in [-0.2, -0.15) is 0 Å². The summed E-state index contributed by atoms with van der Waals surface area (Å²) < 4.78 is 20.7. The maximum atomic E-state index is 13.9. The second kappa shape index (κ2) is 8.72. The first kappa shape index (κ1) is 20.1. The van der Waals surface area contributed by atoms with Gasteiger partial charge in [0.05, 0.1) is 27.7 Å². The van der Waals surface area contributed by atoms with Gasteiger partial charge in [0.2, 0.25) is 5.91 Å². The Balaban J connectivity index is 1.28. The zero-order valence-corrected chi connectivity index (χ0v) is 17.7. The number of aromatic nitrogens is 2. The highest BCUT2D eigenvalue weighted by Gasteiger charge is 2.14. The molecule has 3 aromatic carbocycles. The number of fused-ring (bicyclic) bond motifs is 1. The van der Waals surface area contributed by atoms with Crippen molar-refractivity contribution in [2.45, 2.75) is 12.8 Å². The average molecular weight is 444 g/mol. The van der Waals surface area contributed by atoms with Crippen LogP contribution in [0.2, 0.25) is 0 Å². The van der Waals surface area contributed by atoms with Crippen LogP contribution >= 0.6 is 11.3 Å². The highest BCUT2D eigenvalue weighted by Crippen LogP contribution is 2.34. The average Bonchev–Trinajstić information content (AvgIpc) is 3.45. The van der Waals surface area contributed by atoms with E-state index in [0.717, 1.165) is 20.8 Å². The van der Waals surface area contributed by atoms with Gasteiger partial charge >= 0.3 is 0 Å². The SMILES string of the molecule is O=C(CCc1ncc(-c2ccccc2F)o1)Nc1ccccc1-c1nc2ccccc2s1. The van der Waals surface area contributed by atoms with Crippen LogP contribution in [0, 0.1) is 5.82 Å². The van der Waals surface area contributed by atoms with Crippen LogP contribution in [0.15, 0.2) is 83.4 Å². The van der Waals surface area contributed by atoms with Gasteiger partial charge in [-0.3, -0.25) is 4.79 Å². The summed E-state index contributed by atoms with van der Waals surface area (Å²) in [7, 11) is 0. The standard InChI is InChI=1S/C25H18FN3O2S/c26-18-9-3-1-7-16(18)21-15-27-24(31-21)14-13-23(30)28-19-10-4-2-8-17(19)25-29-20-11-5-6-12-22(20)32-25/h1-12,15H,13-14H2,(H,28,30). The number of aryl methyl sites for hydroxylation is 1. The van der Waals surface area contributed by atoms with Crippen LogP contribution < -0.4 is 5.32 Å². The summed E-state index contributed by atoms with van der Waals surface area (Å²) in [5.74, 6) is 0.196. The molecule has 0 saturated carbocycles. The van der Waals surface area contributed by atoms with Gasteiger partial charge in [0.15, 0.2) is 11.7 Å². The third-order valence-electron chi connectivity index (χ3n) is 4.98. The molecule has 2 aromatic heterocycles. The predicted octanol–water partition coefficient (Wildman–Crippen LogP) is 6.33. The van der Waals surface area contributed by atoms with Gasteiger partial charge in [-0.1, -0.05) is 36.4 Å². The molecule has 0 atom stereocenters. The van der Waals surface area contributed by atoms with Crippen molar-refractivity contribution in [3.63, 3.8) is 0 Å². The van der Waals surface area contributed by atoms with Crippen molar-refractivity contribution >= 4 is 33.1 Å². The first-order chi connectivity index (χ1) is 15.7. The van der Waals surface area contributed by atoms with Crippen molar-refractivity contribution in [2.24, 2.45) is 0 Å². The normalized spacial score (nSPS) is 11.0. The van der Waals surface area contributed by atoms with E-state index in [4.69, 9.17) is 9.40 Å². The summed E-state index contributed by atoms with van der Waals surface area (Å²) in [5, 5.41) is 3.82. The molecule has 0 radical (unpaired) electrons. The van der Waals surface area contributed by atoms with Gasteiger partial charge in [-0.05, 0) is 36.4 Å². The van der Waals surface area contributed by atoms with E-state index >= 15 is 0 Å². The number of thiazole rings is 1. The highest BCUT2D eigenvalue weighted by atomic mass is 32.1. The molecule has 0 spiro atoms. The zero-order chi connectivity index (χ0) is 21.9. The summed E-state index contributed by atoms with van der Waals surface area (Å²) in [6.45, 7) is 0. The lowest BCUT2D eigenvalue weighted by atomic mass is 10.1. The van der Waals surface area contributed by atoms with Gasteiger partial charge in [0, 0.05) is 18.4 Å². The maximum absolute atomic E-state index is 13.9. The summed E-state index contributed by atoms with van der Waals surface area (Å²) in [4.78, 5) is 21.5. The van der Waals surface area contributed by atoms with Crippen LogP contribution in [0.4, 0.5) is 10.1 Å². The summed E-state index contributed by atoms with van der Waals surface area (Å²) >= 11 is 1.59. The fraction of sp³-hybridized carbons (Fsp3) is 0.0800. The van der Waals surface area contributed by atoms with Gasteiger partial charge in [0.25, 0.3) is 0 Å². The van der Waals surface area contributed by atoms with Crippen molar-refractivity contribution in [1.82, 2.24) is 9.97 Å². The quantitative estimate of drug-likeness (QED) is 0.333. The molecule has 1 N–H and O–H groups in total. The number of carbonyl (C=O) groups excluding carboxylic acids is 1. The van der Waals surface area contributed by atoms with Crippen molar-refractivity contribution in [2.75, 3.05) is 5.32 Å². The Kier molecular flexibility index (Phi) is 5.47. The number of carbonyl (C=O) groups is 1. The van der Waals surface area contributed by atoms with Crippen LogP contribution in [0.25, 0.3) is 32.1 Å². The number of nitrogens with zero attached hydrogens (tertiary/aromatic N) is 2.